The fraction of sp³-hybridized carbons (Fsp3) is 0.156. The maximum Gasteiger partial charge on any atom is 0.234 e. The zero-order valence-electron chi connectivity index (χ0n) is 21.9. The van der Waals surface area contributed by atoms with Gasteiger partial charge >= 0.3 is 0 Å². The van der Waals surface area contributed by atoms with Crippen molar-refractivity contribution in [3.8, 4) is 0 Å². The van der Waals surface area contributed by atoms with Crippen molar-refractivity contribution in [3.05, 3.63) is 130 Å². The van der Waals surface area contributed by atoms with E-state index in [0.29, 0.717) is 11.0 Å². The molecule has 7 heteroatoms. The van der Waals surface area contributed by atoms with Crippen LogP contribution >= 0.6 is 27.7 Å². The standard InChI is InChI=1S/C32H27BrN4OS/c1-21(2)23-13-15-24(16-14-23)30-28-11-7-8-12-29(28)32(36(34-30)26-9-5-4-6-10-26)37(35-31(39-32)22(3)38)27-19-17-25(33)18-20-27/h4-21H,1-3H3. The predicted octanol–water partition coefficient (Wildman–Crippen LogP) is 8.11. The Hall–Kier alpha value is -3.68. The lowest BCUT2D eigenvalue weighted by molar-refractivity contribution is -0.110. The Morgan fingerprint density at radius 3 is 2.08 bits per heavy atom. The van der Waals surface area contributed by atoms with Crippen LogP contribution in [0.4, 0.5) is 11.4 Å². The first-order valence-electron chi connectivity index (χ1n) is 12.9. The van der Waals surface area contributed by atoms with Gasteiger partial charge in [0.25, 0.3) is 0 Å². The van der Waals surface area contributed by atoms with Crippen molar-refractivity contribution >= 4 is 55.6 Å². The maximum atomic E-state index is 12.8. The Kier molecular flexibility index (Phi) is 6.65. The Morgan fingerprint density at radius 1 is 0.795 bits per heavy atom. The summed E-state index contributed by atoms with van der Waals surface area (Å²) in [7, 11) is 0. The lowest BCUT2D eigenvalue weighted by atomic mass is 9.92. The average Bonchev–Trinajstić information content (AvgIpc) is 3.36. The smallest absolute Gasteiger partial charge is 0.234 e. The van der Waals surface area contributed by atoms with Crippen molar-refractivity contribution in [2.45, 2.75) is 31.7 Å². The second-order valence-corrected chi connectivity index (χ2v) is 12.0. The van der Waals surface area contributed by atoms with Crippen molar-refractivity contribution < 1.29 is 4.79 Å². The molecule has 6 rings (SSSR count). The molecule has 5 nitrogen and oxygen atoms in total. The van der Waals surface area contributed by atoms with E-state index in [4.69, 9.17) is 10.2 Å². The summed E-state index contributed by atoms with van der Waals surface area (Å²) in [4.78, 5) is 11.8. The molecule has 1 atom stereocenters. The number of hydrazone groups is 2. The molecule has 194 valence electrons. The van der Waals surface area contributed by atoms with Gasteiger partial charge in [-0.15, -0.1) is 0 Å². The molecule has 0 amide bonds. The van der Waals surface area contributed by atoms with E-state index in [2.05, 4.69) is 66.2 Å². The van der Waals surface area contributed by atoms with Crippen molar-refractivity contribution in [1.29, 1.82) is 0 Å². The van der Waals surface area contributed by atoms with E-state index in [-0.39, 0.29) is 5.78 Å². The predicted molar refractivity (Wildman–Crippen MR) is 166 cm³/mol. The van der Waals surface area contributed by atoms with Gasteiger partial charge in [-0.25, -0.2) is 10.0 Å². The van der Waals surface area contributed by atoms with E-state index in [9.17, 15) is 4.79 Å². The van der Waals surface area contributed by atoms with Crippen molar-refractivity contribution in [2.75, 3.05) is 10.0 Å². The second kappa shape index (κ2) is 10.1. The molecule has 0 radical (unpaired) electrons. The fourth-order valence-electron chi connectivity index (χ4n) is 4.97. The van der Waals surface area contributed by atoms with Gasteiger partial charge in [-0.1, -0.05) is 96.5 Å². The van der Waals surface area contributed by atoms with Crippen LogP contribution in [0, 0.1) is 0 Å². The van der Waals surface area contributed by atoms with Gasteiger partial charge in [0.1, 0.15) is 0 Å². The summed E-state index contributed by atoms with van der Waals surface area (Å²) in [5.74, 6) is 0.365. The molecule has 0 saturated carbocycles. The Labute approximate surface area is 241 Å². The number of halogens is 1. The third kappa shape index (κ3) is 4.39. The molecule has 0 fully saturated rings. The van der Waals surface area contributed by atoms with Crippen LogP contribution in [-0.4, -0.2) is 16.5 Å². The molecule has 0 aromatic heterocycles. The molecule has 0 aliphatic carbocycles. The number of Topliss-reactive ketones (excluding diaryl/α,β-unsaturated/α-hetero) is 1. The Balaban J connectivity index is 1.62. The molecule has 0 bridgehead atoms. The first-order chi connectivity index (χ1) is 18.9. The molecule has 2 aliphatic rings. The molecule has 1 unspecified atom stereocenters. The zero-order chi connectivity index (χ0) is 27.1. The highest BCUT2D eigenvalue weighted by molar-refractivity contribution is 9.10. The number of rotatable bonds is 5. The highest BCUT2D eigenvalue weighted by Gasteiger charge is 2.55. The first-order valence-corrected chi connectivity index (χ1v) is 14.5. The maximum absolute atomic E-state index is 12.8. The van der Waals surface area contributed by atoms with E-state index in [0.717, 1.165) is 38.2 Å². The van der Waals surface area contributed by atoms with Gasteiger partial charge in [0.15, 0.2) is 10.8 Å². The molecule has 4 aromatic carbocycles. The van der Waals surface area contributed by atoms with Crippen LogP contribution in [0.5, 0.6) is 0 Å². The van der Waals surface area contributed by atoms with Gasteiger partial charge in [0, 0.05) is 28.1 Å². The van der Waals surface area contributed by atoms with Crippen LogP contribution in [0.1, 0.15) is 48.9 Å². The number of benzene rings is 4. The van der Waals surface area contributed by atoms with Crippen LogP contribution < -0.4 is 10.0 Å². The van der Waals surface area contributed by atoms with Gasteiger partial charge < -0.3 is 0 Å². The zero-order valence-corrected chi connectivity index (χ0v) is 24.3. The molecule has 1 spiro atoms. The van der Waals surface area contributed by atoms with Gasteiger partial charge in [-0.3, -0.25) is 4.79 Å². The SMILES string of the molecule is CC(=O)C1=NN(c2ccc(Br)cc2)C2(S1)c1ccccc1C(c1ccc(C(C)C)cc1)=NN2c1ccccc1. The summed E-state index contributed by atoms with van der Waals surface area (Å²) in [6.07, 6.45) is 0. The highest BCUT2D eigenvalue weighted by Crippen LogP contribution is 2.55. The number of thioether (sulfide) groups is 1. The lowest BCUT2D eigenvalue weighted by Crippen LogP contribution is -2.54. The minimum Gasteiger partial charge on any atom is -0.292 e. The second-order valence-electron chi connectivity index (χ2n) is 9.88. The number of hydrogen-bond donors (Lipinski definition) is 0. The molecular weight excluding hydrogens is 568 g/mol. The molecular formula is C32H27BrN4OS. The minimum atomic E-state index is -0.950. The molecule has 4 aromatic rings. The number of ketones is 1. The third-order valence-electron chi connectivity index (χ3n) is 6.96. The normalized spacial score (nSPS) is 18.3. The van der Waals surface area contributed by atoms with E-state index >= 15 is 0 Å². The number of carbonyl (C=O) groups excluding carboxylic acids is 1. The lowest BCUT2D eigenvalue weighted by Gasteiger charge is -2.47. The van der Waals surface area contributed by atoms with Crippen molar-refractivity contribution in [2.24, 2.45) is 10.2 Å². The molecule has 39 heavy (non-hydrogen) atoms. The third-order valence-corrected chi connectivity index (χ3v) is 8.90. The number of carbonyl (C=O) groups is 1. The van der Waals surface area contributed by atoms with Gasteiger partial charge in [0.05, 0.1) is 17.1 Å². The Morgan fingerprint density at radius 2 is 1.41 bits per heavy atom. The quantitative estimate of drug-likeness (QED) is 0.234. The summed E-state index contributed by atoms with van der Waals surface area (Å²) in [6.45, 7) is 5.96. The first kappa shape index (κ1) is 25.6. The van der Waals surface area contributed by atoms with Gasteiger partial charge in [-0.05, 0) is 59.6 Å². The van der Waals surface area contributed by atoms with Crippen LogP contribution in [0.25, 0.3) is 0 Å². The van der Waals surface area contributed by atoms with Crippen LogP contribution in [0.2, 0.25) is 0 Å². The number of hydrogen-bond acceptors (Lipinski definition) is 6. The van der Waals surface area contributed by atoms with Crippen LogP contribution in [0.15, 0.2) is 118 Å². The monoisotopic (exact) mass is 594 g/mol. The van der Waals surface area contributed by atoms with Crippen molar-refractivity contribution in [1.82, 2.24) is 0 Å². The summed E-state index contributed by atoms with van der Waals surface area (Å²) < 4.78 is 0.969. The van der Waals surface area contributed by atoms with E-state index in [1.807, 2.05) is 76.7 Å². The number of fused-ring (bicyclic) bond motifs is 2. The molecule has 0 saturated heterocycles. The average molecular weight is 596 g/mol. The number of para-hydroxylation sites is 1. The topological polar surface area (TPSA) is 48.3 Å². The van der Waals surface area contributed by atoms with Crippen LogP contribution in [-0.2, 0) is 9.79 Å². The van der Waals surface area contributed by atoms with Crippen LogP contribution in [0.3, 0.4) is 0 Å². The number of nitrogens with zero attached hydrogens (tertiary/aromatic N) is 4. The molecule has 2 aliphatic heterocycles. The summed E-state index contributed by atoms with van der Waals surface area (Å²) in [5, 5.41) is 14.7. The highest BCUT2D eigenvalue weighted by atomic mass is 79.9. The largest absolute Gasteiger partial charge is 0.292 e. The van der Waals surface area contributed by atoms with Crippen molar-refractivity contribution in [3.63, 3.8) is 0 Å². The Bertz CT molecular complexity index is 1600. The number of anilines is 2. The fourth-order valence-corrected chi connectivity index (χ4v) is 6.52. The van der Waals surface area contributed by atoms with Gasteiger partial charge in [0.2, 0.25) is 4.99 Å². The summed E-state index contributed by atoms with van der Waals surface area (Å²) >= 11 is 4.98. The molecule has 2 heterocycles. The van der Waals surface area contributed by atoms with E-state index in [1.165, 1.54) is 17.3 Å². The van der Waals surface area contributed by atoms with E-state index < -0.39 is 4.99 Å². The van der Waals surface area contributed by atoms with Gasteiger partial charge in [-0.2, -0.15) is 10.2 Å². The summed E-state index contributed by atoms with van der Waals surface area (Å²) in [6, 6.07) is 35.1. The molecule has 0 N–H and O–H groups in total. The summed E-state index contributed by atoms with van der Waals surface area (Å²) in [5.41, 5.74) is 6.98. The minimum absolute atomic E-state index is 0.0801. The van der Waals surface area contributed by atoms with E-state index in [1.54, 1.807) is 6.92 Å².